The van der Waals surface area contributed by atoms with Crippen molar-refractivity contribution in [1.29, 1.82) is 0 Å². The second kappa shape index (κ2) is 13.8. The molecule has 0 saturated carbocycles. The molecule has 3 aromatic carbocycles. The highest BCUT2D eigenvalue weighted by molar-refractivity contribution is 9.11. The van der Waals surface area contributed by atoms with Crippen LogP contribution in [0.2, 0.25) is 0 Å². The number of rotatable bonds is 5. The van der Waals surface area contributed by atoms with E-state index >= 15 is 4.79 Å². The molecule has 5 bridgehead atoms. The molecule has 7 atom stereocenters. The maximum Gasteiger partial charge on any atom is 0.313 e. The van der Waals surface area contributed by atoms with Gasteiger partial charge in [0.1, 0.15) is 29.8 Å². The summed E-state index contributed by atoms with van der Waals surface area (Å²) in [7, 11) is 1.70. The van der Waals surface area contributed by atoms with E-state index in [1.54, 1.807) is 22.9 Å². The maximum absolute atomic E-state index is 15.1. The Balaban J connectivity index is 1.35. The monoisotopic (exact) mass is 741 g/mol. The van der Waals surface area contributed by atoms with Gasteiger partial charge in [0.2, 0.25) is 11.8 Å². The summed E-state index contributed by atoms with van der Waals surface area (Å²) in [6.07, 6.45) is 4.76. The first-order chi connectivity index (χ1) is 24.2. The fraction of sp³-hybridized carbons (Fsp3) is 0.385. The molecule has 4 aliphatic heterocycles. The Hall–Kier alpha value is -4.32. The van der Waals surface area contributed by atoms with E-state index in [0.29, 0.717) is 22.2 Å². The summed E-state index contributed by atoms with van der Waals surface area (Å²) in [5.74, 6) is -3.63. The summed E-state index contributed by atoms with van der Waals surface area (Å²) in [5, 5.41) is 11.8. The number of benzene rings is 3. The second-order valence-corrected chi connectivity index (χ2v) is 14.4. The topological polar surface area (TPSA) is 117 Å². The molecule has 2 saturated heterocycles. The van der Waals surface area contributed by atoms with Crippen molar-refractivity contribution in [2.24, 2.45) is 11.8 Å². The first kappa shape index (κ1) is 34.1. The quantitative estimate of drug-likeness (QED) is 0.292. The van der Waals surface area contributed by atoms with Crippen LogP contribution in [0.25, 0.3) is 10.8 Å². The van der Waals surface area contributed by atoms with Crippen molar-refractivity contribution < 1.29 is 33.8 Å². The smallest absolute Gasteiger partial charge is 0.313 e. The number of likely N-dealkylation sites (tertiary alicyclic amines) is 1. The number of likely N-dealkylation sites (N-methyl/N-ethyl adjacent to an activating group) is 1. The number of ether oxygens (including phenoxy) is 2. The molecule has 50 heavy (non-hydrogen) atoms. The summed E-state index contributed by atoms with van der Waals surface area (Å²) in [4.78, 5) is 62.2. The van der Waals surface area contributed by atoms with Crippen molar-refractivity contribution in [3.63, 3.8) is 0 Å². The molecule has 260 valence electrons. The van der Waals surface area contributed by atoms with E-state index in [9.17, 15) is 19.5 Å². The van der Waals surface area contributed by atoms with Gasteiger partial charge in [0.25, 0.3) is 5.91 Å². The number of esters is 1. The molecular formula is C39H40BrN3O7. The Morgan fingerprint density at radius 1 is 0.920 bits per heavy atom. The van der Waals surface area contributed by atoms with Crippen molar-refractivity contribution in [2.45, 2.75) is 56.1 Å². The number of carbonyl (C=O) groups excluding carboxylic acids is 4. The highest BCUT2D eigenvalue weighted by Gasteiger charge is 2.75. The van der Waals surface area contributed by atoms with Crippen molar-refractivity contribution in [3.05, 3.63) is 101 Å². The van der Waals surface area contributed by atoms with Crippen LogP contribution in [-0.2, 0) is 28.7 Å². The van der Waals surface area contributed by atoms with Gasteiger partial charge < -0.3 is 29.3 Å². The third-order valence-electron chi connectivity index (χ3n) is 10.6. The van der Waals surface area contributed by atoms with Crippen molar-refractivity contribution in [3.8, 4) is 0 Å². The number of nitrogens with zero attached hydrogens (tertiary/aromatic N) is 3. The fourth-order valence-corrected chi connectivity index (χ4v) is 8.70. The van der Waals surface area contributed by atoms with Crippen LogP contribution < -0.4 is 4.90 Å². The lowest BCUT2D eigenvalue weighted by atomic mass is 9.74. The molecule has 2 fully saturated rings. The summed E-state index contributed by atoms with van der Waals surface area (Å²) < 4.78 is 13.5. The lowest BCUT2D eigenvalue weighted by molar-refractivity contribution is -0.164. The number of cyclic esters (lactones) is 1. The normalized spacial score (nSPS) is 30.9. The predicted molar refractivity (Wildman–Crippen MR) is 191 cm³/mol. The Kier molecular flexibility index (Phi) is 9.40. The lowest BCUT2D eigenvalue weighted by Crippen LogP contribution is -2.56. The molecule has 4 heterocycles. The zero-order valence-electron chi connectivity index (χ0n) is 28.0. The Morgan fingerprint density at radius 3 is 2.42 bits per heavy atom. The molecular weight excluding hydrogens is 702 g/mol. The summed E-state index contributed by atoms with van der Waals surface area (Å²) in [6, 6.07) is 21.2. The number of aliphatic hydroxyl groups is 1. The fourth-order valence-electron chi connectivity index (χ4n) is 7.96. The molecule has 1 N–H and O–H groups in total. The van der Waals surface area contributed by atoms with Crippen LogP contribution in [0.5, 0.6) is 0 Å². The predicted octanol–water partition coefficient (Wildman–Crippen LogP) is 4.91. The molecule has 1 spiro atoms. The van der Waals surface area contributed by atoms with E-state index in [1.165, 1.54) is 4.90 Å². The van der Waals surface area contributed by atoms with Gasteiger partial charge in [0.15, 0.2) is 0 Å². The minimum Gasteiger partial charge on any atom is -0.455 e. The first-order valence-corrected chi connectivity index (χ1v) is 17.9. The molecule has 3 amide bonds. The zero-order chi connectivity index (χ0) is 35.2. The van der Waals surface area contributed by atoms with Gasteiger partial charge in [0.05, 0.1) is 12.0 Å². The molecule has 0 aliphatic carbocycles. The van der Waals surface area contributed by atoms with E-state index in [4.69, 9.17) is 9.47 Å². The molecule has 11 heteroatoms. The molecule has 7 rings (SSSR count). The van der Waals surface area contributed by atoms with Gasteiger partial charge in [-0.25, -0.2) is 0 Å². The average molecular weight is 743 g/mol. The van der Waals surface area contributed by atoms with Crippen LogP contribution in [0, 0.1) is 11.8 Å². The lowest BCUT2D eigenvalue weighted by Gasteiger charge is -2.36. The largest absolute Gasteiger partial charge is 0.455 e. The van der Waals surface area contributed by atoms with E-state index in [-0.39, 0.29) is 44.4 Å². The third-order valence-corrected chi connectivity index (χ3v) is 11.3. The molecule has 4 aliphatic rings. The molecule has 0 radical (unpaired) electrons. The Morgan fingerprint density at radius 2 is 1.66 bits per heavy atom. The van der Waals surface area contributed by atoms with Gasteiger partial charge in [-0.15, -0.1) is 0 Å². The number of amides is 3. The SMILES string of the molecule is C[C@H]1[C@H](c2ccccc2)OC(=O)[C@H]2[C@@H]3O[C@@]4(C=C3Br)[C@@H]2C(=O)N(CCCO)[C@@H]4C(=O)N(c2ccc3ccccc3c2)C/C=C\CCC(=O)N1C. The average Bonchev–Trinajstić information content (AvgIpc) is 3.72. The molecule has 0 unspecified atom stereocenters. The highest BCUT2D eigenvalue weighted by Crippen LogP contribution is 2.59. The van der Waals surface area contributed by atoms with E-state index in [0.717, 1.165) is 10.8 Å². The van der Waals surface area contributed by atoms with Crippen LogP contribution in [0.15, 0.2) is 95.5 Å². The Bertz CT molecular complexity index is 1880. The molecule has 3 aromatic rings. The molecule has 0 aromatic heterocycles. The van der Waals surface area contributed by atoms with Gasteiger partial charge in [-0.3, -0.25) is 19.2 Å². The number of allylic oxidation sites excluding steroid dienone is 1. The van der Waals surface area contributed by atoms with Crippen LogP contribution in [0.3, 0.4) is 0 Å². The molecule has 10 nitrogen and oxygen atoms in total. The minimum atomic E-state index is -1.45. The number of halogens is 1. The summed E-state index contributed by atoms with van der Waals surface area (Å²) >= 11 is 3.62. The van der Waals surface area contributed by atoms with Crippen LogP contribution in [0.4, 0.5) is 5.69 Å². The number of hydrogen-bond donors (Lipinski definition) is 1. The van der Waals surface area contributed by atoms with Crippen molar-refractivity contribution in [2.75, 3.05) is 31.6 Å². The first-order valence-electron chi connectivity index (χ1n) is 17.1. The number of aliphatic hydroxyl groups excluding tert-OH is 1. The van der Waals surface area contributed by atoms with Gasteiger partial charge in [-0.05, 0) is 54.3 Å². The van der Waals surface area contributed by atoms with Gasteiger partial charge in [-0.1, -0.05) is 88.7 Å². The number of anilines is 1. The van der Waals surface area contributed by atoms with Crippen LogP contribution >= 0.6 is 15.9 Å². The van der Waals surface area contributed by atoms with Gasteiger partial charge in [0, 0.05) is 43.3 Å². The van der Waals surface area contributed by atoms with Crippen LogP contribution in [0.1, 0.15) is 37.9 Å². The van der Waals surface area contributed by atoms with E-state index < -0.39 is 53.6 Å². The number of fused-ring (bicyclic) bond motifs is 3. The standard InChI is InChI=1S/C39H40BrN3O7/c1-24-33(26-13-5-3-6-14-26)49-38(48)31-32-36(46)43(20-11-21-44)35(39(32)23-29(40)34(31)50-39)37(47)42(19-10-4-7-16-30(45)41(24)2)28-18-17-25-12-8-9-15-27(25)22-28/h3-6,8-10,12-15,17-18,22-24,31-35,44H,7,11,16,19-21H2,1-2H3/b10-4-/t24-,31+,32-,33+,34+,35+,39-/m0/s1. The zero-order valence-corrected chi connectivity index (χ0v) is 29.6. The number of carbonyl (C=O) groups is 4. The van der Waals surface area contributed by atoms with E-state index in [2.05, 4.69) is 15.9 Å². The van der Waals surface area contributed by atoms with Gasteiger partial charge in [-0.2, -0.15) is 0 Å². The van der Waals surface area contributed by atoms with E-state index in [1.807, 2.05) is 91.9 Å². The summed E-state index contributed by atoms with van der Waals surface area (Å²) in [6.45, 7) is 1.93. The van der Waals surface area contributed by atoms with Crippen LogP contribution in [-0.4, -0.2) is 89.1 Å². The minimum absolute atomic E-state index is 0.100. The Labute approximate surface area is 299 Å². The van der Waals surface area contributed by atoms with Crippen molar-refractivity contribution in [1.82, 2.24) is 9.80 Å². The third kappa shape index (κ3) is 5.75. The highest BCUT2D eigenvalue weighted by atomic mass is 79.9. The second-order valence-electron chi connectivity index (χ2n) is 13.4. The van der Waals surface area contributed by atoms with Crippen molar-refractivity contribution >= 4 is 56.1 Å². The number of hydrogen-bond acceptors (Lipinski definition) is 7. The van der Waals surface area contributed by atoms with Gasteiger partial charge >= 0.3 is 5.97 Å². The summed E-state index contributed by atoms with van der Waals surface area (Å²) in [5.41, 5.74) is -0.113. The maximum atomic E-state index is 15.1.